The first-order valence-electron chi connectivity index (χ1n) is 5.72. The predicted molar refractivity (Wildman–Crippen MR) is 79.4 cm³/mol. The lowest BCUT2D eigenvalue weighted by atomic mass is 10.0. The molecule has 0 radical (unpaired) electrons. The van der Waals surface area contributed by atoms with Crippen LogP contribution in [0.2, 0.25) is 0 Å². The Morgan fingerprint density at radius 2 is 1.39 bits per heavy atom. The first kappa shape index (κ1) is 12.1. The summed E-state index contributed by atoms with van der Waals surface area (Å²) >= 11 is 0. The van der Waals surface area contributed by atoms with Crippen LogP contribution in [0.3, 0.4) is 0 Å². The number of hydrogen-bond acceptors (Lipinski definition) is 4. The van der Waals surface area contributed by atoms with Crippen molar-refractivity contribution in [3.63, 3.8) is 0 Å². The van der Waals surface area contributed by atoms with Gasteiger partial charge in [0, 0.05) is 25.3 Å². The van der Waals surface area contributed by atoms with Crippen LogP contribution in [0.15, 0.2) is 36.4 Å². The summed E-state index contributed by atoms with van der Waals surface area (Å²) in [4.78, 5) is 1.94. The lowest BCUT2D eigenvalue weighted by molar-refractivity contribution is 1.14. The van der Waals surface area contributed by atoms with Crippen molar-refractivity contribution in [1.82, 2.24) is 0 Å². The Kier molecular flexibility index (Phi) is 3.02. The van der Waals surface area contributed by atoms with Crippen LogP contribution in [-0.4, -0.2) is 14.1 Å². The van der Waals surface area contributed by atoms with Crippen LogP contribution in [0.4, 0.5) is 22.7 Å². The van der Waals surface area contributed by atoms with Crippen LogP contribution in [0.1, 0.15) is 0 Å². The molecule has 0 saturated carbocycles. The second kappa shape index (κ2) is 4.49. The Bertz CT molecular complexity index is 559. The Morgan fingerprint density at radius 1 is 0.778 bits per heavy atom. The monoisotopic (exact) mass is 242 g/mol. The molecule has 0 amide bonds. The average Bonchev–Trinajstić information content (AvgIpc) is 2.33. The number of benzene rings is 2. The van der Waals surface area contributed by atoms with Gasteiger partial charge in [-0.15, -0.1) is 0 Å². The maximum Gasteiger partial charge on any atom is 0.0791 e. The van der Waals surface area contributed by atoms with E-state index in [1.165, 1.54) is 0 Å². The van der Waals surface area contributed by atoms with Gasteiger partial charge in [0.05, 0.1) is 17.1 Å². The van der Waals surface area contributed by atoms with Crippen LogP contribution in [-0.2, 0) is 0 Å². The van der Waals surface area contributed by atoms with Crippen molar-refractivity contribution in [1.29, 1.82) is 0 Å². The molecule has 0 aliphatic rings. The number of nitrogens with two attached hydrogens (primary N) is 3. The third-order valence-corrected chi connectivity index (χ3v) is 2.97. The lowest BCUT2D eigenvalue weighted by Crippen LogP contribution is -2.12. The Balaban J connectivity index is 2.53. The van der Waals surface area contributed by atoms with Gasteiger partial charge >= 0.3 is 0 Å². The number of nitrogen functional groups attached to an aromatic ring is 3. The zero-order valence-electron chi connectivity index (χ0n) is 10.6. The number of anilines is 4. The third-order valence-electron chi connectivity index (χ3n) is 2.97. The fourth-order valence-corrected chi connectivity index (χ4v) is 1.93. The normalized spacial score (nSPS) is 10.3. The maximum atomic E-state index is 6.11. The zero-order chi connectivity index (χ0) is 13.3. The molecular weight excluding hydrogens is 224 g/mol. The van der Waals surface area contributed by atoms with Gasteiger partial charge in [-0.2, -0.15) is 0 Å². The summed E-state index contributed by atoms with van der Waals surface area (Å²) in [5.74, 6) is 0. The molecule has 0 bridgehead atoms. The molecule has 18 heavy (non-hydrogen) atoms. The van der Waals surface area contributed by atoms with Crippen molar-refractivity contribution in [2.75, 3.05) is 36.2 Å². The molecule has 2 rings (SSSR count). The standard InChI is InChI=1S/C14H18N4/c1-18(2)12-8-7-11(13(16)14(12)17)9-3-5-10(15)6-4-9/h3-8H,15-17H2,1-2H3. The van der Waals surface area contributed by atoms with E-state index in [9.17, 15) is 0 Å². The van der Waals surface area contributed by atoms with Gasteiger partial charge in [-0.25, -0.2) is 0 Å². The Morgan fingerprint density at radius 3 is 1.94 bits per heavy atom. The van der Waals surface area contributed by atoms with Gasteiger partial charge in [0.25, 0.3) is 0 Å². The third kappa shape index (κ3) is 2.05. The quantitative estimate of drug-likeness (QED) is 0.705. The van der Waals surface area contributed by atoms with Crippen molar-refractivity contribution >= 4 is 22.7 Å². The Hall–Kier alpha value is -2.36. The second-order valence-electron chi connectivity index (χ2n) is 4.48. The summed E-state index contributed by atoms with van der Waals surface area (Å²) in [6.07, 6.45) is 0. The van der Waals surface area contributed by atoms with E-state index >= 15 is 0 Å². The molecule has 4 heteroatoms. The fourth-order valence-electron chi connectivity index (χ4n) is 1.93. The van der Waals surface area contributed by atoms with E-state index < -0.39 is 0 Å². The number of hydrogen-bond donors (Lipinski definition) is 3. The van der Waals surface area contributed by atoms with Crippen LogP contribution in [0.5, 0.6) is 0 Å². The minimum atomic E-state index is 0.603. The van der Waals surface area contributed by atoms with Crippen molar-refractivity contribution in [2.45, 2.75) is 0 Å². The number of nitrogens with zero attached hydrogens (tertiary/aromatic N) is 1. The molecule has 94 valence electrons. The highest BCUT2D eigenvalue weighted by molar-refractivity contribution is 5.91. The van der Waals surface area contributed by atoms with Gasteiger partial charge in [-0.3, -0.25) is 0 Å². The minimum absolute atomic E-state index is 0.603. The molecule has 2 aromatic rings. The van der Waals surface area contributed by atoms with Crippen LogP contribution in [0.25, 0.3) is 11.1 Å². The van der Waals surface area contributed by atoms with Crippen LogP contribution in [0, 0.1) is 0 Å². The molecule has 0 unspecified atom stereocenters. The molecule has 2 aromatic carbocycles. The SMILES string of the molecule is CN(C)c1ccc(-c2ccc(N)cc2)c(N)c1N. The molecule has 0 fully saturated rings. The molecule has 0 aromatic heterocycles. The average molecular weight is 242 g/mol. The molecule has 0 saturated heterocycles. The summed E-state index contributed by atoms with van der Waals surface area (Å²) in [6, 6.07) is 11.5. The van der Waals surface area contributed by atoms with E-state index in [1.54, 1.807) is 0 Å². The first-order chi connectivity index (χ1) is 8.50. The molecular formula is C14H18N4. The molecule has 0 spiro atoms. The predicted octanol–water partition coefficient (Wildman–Crippen LogP) is 2.17. The van der Waals surface area contributed by atoms with Gasteiger partial charge < -0.3 is 22.1 Å². The zero-order valence-corrected chi connectivity index (χ0v) is 10.6. The minimum Gasteiger partial charge on any atom is -0.399 e. The molecule has 6 N–H and O–H groups in total. The van der Waals surface area contributed by atoms with Gasteiger partial charge in [-0.1, -0.05) is 18.2 Å². The van der Waals surface area contributed by atoms with Crippen molar-refractivity contribution in [2.24, 2.45) is 0 Å². The molecule has 0 aliphatic carbocycles. The Labute approximate surface area is 107 Å². The number of rotatable bonds is 2. The van der Waals surface area contributed by atoms with E-state index in [4.69, 9.17) is 17.2 Å². The highest BCUT2D eigenvalue weighted by atomic mass is 15.1. The van der Waals surface area contributed by atoms with Crippen LogP contribution >= 0.6 is 0 Å². The summed E-state index contributed by atoms with van der Waals surface area (Å²) < 4.78 is 0. The molecule has 4 nitrogen and oxygen atoms in total. The highest BCUT2D eigenvalue weighted by Gasteiger charge is 2.10. The topological polar surface area (TPSA) is 81.3 Å². The van der Waals surface area contributed by atoms with E-state index in [0.29, 0.717) is 11.4 Å². The van der Waals surface area contributed by atoms with E-state index in [1.807, 2.05) is 55.4 Å². The van der Waals surface area contributed by atoms with Gasteiger partial charge in [-0.05, 0) is 23.8 Å². The smallest absolute Gasteiger partial charge is 0.0791 e. The fraction of sp³-hybridized carbons (Fsp3) is 0.143. The van der Waals surface area contributed by atoms with Crippen molar-refractivity contribution < 1.29 is 0 Å². The molecule has 0 aliphatic heterocycles. The second-order valence-corrected chi connectivity index (χ2v) is 4.48. The first-order valence-corrected chi connectivity index (χ1v) is 5.72. The van der Waals surface area contributed by atoms with Crippen molar-refractivity contribution in [3.05, 3.63) is 36.4 Å². The van der Waals surface area contributed by atoms with Gasteiger partial charge in [0.1, 0.15) is 0 Å². The highest BCUT2D eigenvalue weighted by Crippen LogP contribution is 2.36. The lowest BCUT2D eigenvalue weighted by Gasteiger charge is -2.18. The summed E-state index contributed by atoms with van der Waals surface area (Å²) in [6.45, 7) is 0. The van der Waals surface area contributed by atoms with Crippen LogP contribution < -0.4 is 22.1 Å². The maximum absolute atomic E-state index is 6.11. The van der Waals surface area contributed by atoms with E-state index in [-0.39, 0.29) is 0 Å². The molecule has 0 atom stereocenters. The van der Waals surface area contributed by atoms with Gasteiger partial charge in [0.15, 0.2) is 0 Å². The van der Waals surface area contributed by atoms with E-state index in [0.717, 1.165) is 22.5 Å². The summed E-state index contributed by atoms with van der Waals surface area (Å²) in [5, 5.41) is 0. The summed E-state index contributed by atoms with van der Waals surface area (Å²) in [7, 11) is 3.88. The summed E-state index contributed by atoms with van der Waals surface area (Å²) in [5.41, 5.74) is 22.6. The molecule has 0 heterocycles. The van der Waals surface area contributed by atoms with Crippen molar-refractivity contribution in [3.8, 4) is 11.1 Å². The van der Waals surface area contributed by atoms with E-state index in [2.05, 4.69) is 0 Å². The van der Waals surface area contributed by atoms with Gasteiger partial charge in [0.2, 0.25) is 0 Å². The largest absolute Gasteiger partial charge is 0.399 e.